The third-order valence-electron chi connectivity index (χ3n) is 4.32. The Labute approximate surface area is 115 Å². The van der Waals surface area contributed by atoms with E-state index in [1.807, 2.05) is 0 Å². The molecule has 0 bridgehead atoms. The van der Waals surface area contributed by atoms with Gasteiger partial charge in [0, 0.05) is 18.1 Å². The molecule has 0 aromatic carbocycles. The van der Waals surface area contributed by atoms with Crippen molar-refractivity contribution in [1.82, 2.24) is 10.2 Å². The number of nitrogens with one attached hydrogen (secondary N) is 1. The summed E-state index contributed by atoms with van der Waals surface area (Å²) in [4.78, 5) is 2.76. The molecule has 0 spiro atoms. The van der Waals surface area contributed by atoms with Gasteiger partial charge in [-0.05, 0) is 52.1 Å². The normalized spacial score (nSPS) is 25.2. The molecular formula is C16H34N2. The van der Waals surface area contributed by atoms with Gasteiger partial charge < -0.3 is 5.32 Å². The van der Waals surface area contributed by atoms with Crippen LogP contribution in [-0.4, -0.2) is 36.1 Å². The zero-order valence-corrected chi connectivity index (χ0v) is 13.0. The van der Waals surface area contributed by atoms with E-state index in [1.165, 1.54) is 58.0 Å². The number of nitrogens with zero attached hydrogens (tertiary/aromatic N) is 1. The summed E-state index contributed by atoms with van der Waals surface area (Å²) in [7, 11) is 0. The van der Waals surface area contributed by atoms with Crippen LogP contribution in [0.25, 0.3) is 0 Å². The Kier molecular flexibility index (Phi) is 7.92. The van der Waals surface area contributed by atoms with E-state index >= 15 is 0 Å². The molecule has 1 aliphatic heterocycles. The van der Waals surface area contributed by atoms with Crippen LogP contribution in [0, 0.1) is 0 Å². The van der Waals surface area contributed by atoms with Crippen LogP contribution in [0.2, 0.25) is 0 Å². The molecule has 1 fully saturated rings. The molecule has 2 heteroatoms. The molecule has 0 aromatic rings. The fourth-order valence-electron chi connectivity index (χ4n) is 3.13. The van der Waals surface area contributed by atoms with E-state index in [0.717, 1.165) is 12.1 Å². The van der Waals surface area contributed by atoms with Crippen LogP contribution in [0.5, 0.6) is 0 Å². The Balaban J connectivity index is 2.00. The first-order chi connectivity index (χ1) is 8.65. The van der Waals surface area contributed by atoms with Crippen molar-refractivity contribution in [3.63, 3.8) is 0 Å². The highest BCUT2D eigenvalue weighted by Crippen LogP contribution is 2.26. The summed E-state index contributed by atoms with van der Waals surface area (Å²) < 4.78 is 0. The van der Waals surface area contributed by atoms with Crippen LogP contribution in [0.3, 0.4) is 0 Å². The van der Waals surface area contributed by atoms with E-state index < -0.39 is 0 Å². The average molecular weight is 254 g/mol. The summed E-state index contributed by atoms with van der Waals surface area (Å²) >= 11 is 0. The van der Waals surface area contributed by atoms with Gasteiger partial charge in [0.2, 0.25) is 0 Å². The minimum Gasteiger partial charge on any atom is -0.315 e. The highest BCUT2D eigenvalue weighted by atomic mass is 15.2. The minimum absolute atomic E-state index is 0.640. The van der Waals surface area contributed by atoms with Crippen molar-refractivity contribution >= 4 is 0 Å². The summed E-state index contributed by atoms with van der Waals surface area (Å²) in [6.45, 7) is 11.7. The largest absolute Gasteiger partial charge is 0.315 e. The number of hydrogen-bond donors (Lipinski definition) is 1. The lowest BCUT2D eigenvalue weighted by atomic mass is 10.1. The van der Waals surface area contributed by atoms with E-state index in [0.29, 0.717) is 6.04 Å². The fourth-order valence-corrected chi connectivity index (χ4v) is 3.13. The van der Waals surface area contributed by atoms with Gasteiger partial charge >= 0.3 is 0 Å². The van der Waals surface area contributed by atoms with Crippen LogP contribution < -0.4 is 5.32 Å². The molecule has 2 unspecified atom stereocenters. The molecule has 0 aliphatic carbocycles. The second kappa shape index (κ2) is 8.92. The Bertz CT molecular complexity index is 203. The number of likely N-dealkylation sites (tertiary alicyclic amines) is 1. The zero-order valence-electron chi connectivity index (χ0n) is 13.0. The van der Waals surface area contributed by atoms with Gasteiger partial charge in [-0.25, -0.2) is 0 Å². The zero-order chi connectivity index (χ0) is 13.4. The van der Waals surface area contributed by atoms with Crippen LogP contribution in [-0.2, 0) is 0 Å². The maximum absolute atomic E-state index is 3.49. The highest BCUT2D eigenvalue weighted by Gasteiger charge is 2.28. The van der Waals surface area contributed by atoms with E-state index in [2.05, 4.69) is 37.9 Å². The predicted octanol–water partition coefficient (Wildman–Crippen LogP) is 3.81. The molecule has 0 saturated carbocycles. The average Bonchev–Trinajstić information content (AvgIpc) is 2.69. The lowest BCUT2D eigenvalue weighted by Gasteiger charge is -2.27. The van der Waals surface area contributed by atoms with Crippen molar-refractivity contribution in [2.24, 2.45) is 0 Å². The molecule has 108 valence electrons. The Hall–Kier alpha value is -0.0800. The van der Waals surface area contributed by atoms with Crippen molar-refractivity contribution in [1.29, 1.82) is 0 Å². The summed E-state index contributed by atoms with van der Waals surface area (Å²) in [5.41, 5.74) is 0. The van der Waals surface area contributed by atoms with Crippen LogP contribution >= 0.6 is 0 Å². The molecule has 2 atom stereocenters. The maximum atomic E-state index is 3.49. The van der Waals surface area contributed by atoms with Gasteiger partial charge in [-0.15, -0.1) is 0 Å². The molecule has 0 radical (unpaired) electrons. The first kappa shape index (κ1) is 16.0. The van der Waals surface area contributed by atoms with Crippen molar-refractivity contribution in [3.05, 3.63) is 0 Å². The summed E-state index contributed by atoms with van der Waals surface area (Å²) in [6.07, 6.45) is 9.70. The molecule has 1 aliphatic rings. The van der Waals surface area contributed by atoms with Gasteiger partial charge in [0.1, 0.15) is 0 Å². The third-order valence-corrected chi connectivity index (χ3v) is 4.32. The Morgan fingerprint density at radius 1 is 1.11 bits per heavy atom. The second-order valence-corrected chi connectivity index (χ2v) is 6.25. The molecular weight excluding hydrogens is 220 g/mol. The smallest absolute Gasteiger partial charge is 0.00960 e. The van der Waals surface area contributed by atoms with E-state index in [1.54, 1.807) is 0 Å². The minimum atomic E-state index is 0.640. The summed E-state index contributed by atoms with van der Waals surface area (Å²) in [6, 6.07) is 2.35. The number of rotatable bonds is 9. The molecule has 1 saturated heterocycles. The monoisotopic (exact) mass is 254 g/mol. The topological polar surface area (TPSA) is 15.3 Å². The Morgan fingerprint density at radius 3 is 2.50 bits per heavy atom. The Morgan fingerprint density at radius 2 is 1.83 bits per heavy atom. The first-order valence-electron chi connectivity index (χ1n) is 8.14. The van der Waals surface area contributed by atoms with E-state index in [9.17, 15) is 0 Å². The van der Waals surface area contributed by atoms with Crippen molar-refractivity contribution in [2.75, 3.05) is 13.1 Å². The second-order valence-electron chi connectivity index (χ2n) is 6.25. The maximum Gasteiger partial charge on any atom is 0.00960 e. The highest BCUT2D eigenvalue weighted by molar-refractivity contribution is 4.83. The number of hydrogen-bond acceptors (Lipinski definition) is 2. The van der Waals surface area contributed by atoms with Crippen molar-refractivity contribution < 1.29 is 0 Å². The van der Waals surface area contributed by atoms with Crippen LogP contribution in [0.4, 0.5) is 0 Å². The molecule has 18 heavy (non-hydrogen) atoms. The van der Waals surface area contributed by atoms with Gasteiger partial charge in [0.25, 0.3) is 0 Å². The summed E-state index contributed by atoms with van der Waals surface area (Å²) in [5.74, 6) is 0. The van der Waals surface area contributed by atoms with Crippen LogP contribution in [0.15, 0.2) is 0 Å². The van der Waals surface area contributed by atoms with E-state index in [-0.39, 0.29) is 0 Å². The standard InChI is InChI=1S/C16H34N2/c1-5-16-11-10-15(4)18(16)13-9-7-6-8-12-17-14(2)3/h14-17H,5-13H2,1-4H3. The first-order valence-corrected chi connectivity index (χ1v) is 8.14. The SMILES string of the molecule is CCC1CCC(C)N1CCCCCCNC(C)C. The fraction of sp³-hybridized carbons (Fsp3) is 1.00. The lowest BCUT2D eigenvalue weighted by molar-refractivity contribution is 0.194. The molecule has 0 amide bonds. The lowest BCUT2D eigenvalue weighted by Crippen LogP contribution is -2.34. The van der Waals surface area contributed by atoms with Gasteiger partial charge in [-0.3, -0.25) is 4.90 Å². The number of unbranched alkanes of at least 4 members (excludes halogenated alkanes) is 3. The van der Waals surface area contributed by atoms with Crippen molar-refractivity contribution in [2.45, 2.75) is 90.8 Å². The third kappa shape index (κ3) is 5.71. The molecule has 1 rings (SSSR count). The van der Waals surface area contributed by atoms with Gasteiger partial charge in [-0.2, -0.15) is 0 Å². The quantitative estimate of drug-likeness (QED) is 0.630. The molecule has 0 aromatic heterocycles. The van der Waals surface area contributed by atoms with Crippen molar-refractivity contribution in [3.8, 4) is 0 Å². The molecule has 1 heterocycles. The molecule has 2 nitrogen and oxygen atoms in total. The summed E-state index contributed by atoms with van der Waals surface area (Å²) in [5, 5.41) is 3.49. The van der Waals surface area contributed by atoms with Gasteiger partial charge in [0.05, 0.1) is 0 Å². The predicted molar refractivity (Wildman–Crippen MR) is 81.1 cm³/mol. The van der Waals surface area contributed by atoms with Crippen LogP contribution in [0.1, 0.15) is 72.6 Å². The van der Waals surface area contributed by atoms with Gasteiger partial charge in [-0.1, -0.05) is 33.6 Å². The van der Waals surface area contributed by atoms with E-state index in [4.69, 9.17) is 0 Å². The van der Waals surface area contributed by atoms with Gasteiger partial charge in [0.15, 0.2) is 0 Å². The molecule has 1 N–H and O–H groups in total.